The monoisotopic (exact) mass is 465 g/mol. The van der Waals surface area contributed by atoms with Crippen LogP contribution in [-0.4, -0.2) is 55.6 Å². The van der Waals surface area contributed by atoms with Crippen LogP contribution in [0, 0.1) is 11.8 Å². The van der Waals surface area contributed by atoms with Gasteiger partial charge in [0.1, 0.15) is 23.2 Å². The molecule has 2 atom stereocenters. The molecule has 1 N–H and O–H groups in total. The van der Waals surface area contributed by atoms with Crippen LogP contribution >= 0.6 is 11.8 Å². The summed E-state index contributed by atoms with van der Waals surface area (Å²) in [5.74, 6) is -0.601. The van der Waals surface area contributed by atoms with Crippen molar-refractivity contribution in [1.82, 2.24) is 19.7 Å². The Hall–Kier alpha value is -2.84. The van der Waals surface area contributed by atoms with Crippen LogP contribution in [0.4, 0.5) is 0 Å². The molecule has 8 heteroatoms. The standard InChI is InChI=1S/C25H26N4O3S/c1-25(31)15-7-8-16(25)12-28(11-15)24(30)20-9-21-18(10-26-20)23(27-29(21)14-33-2)19-13-32-22-6-4-3-5-17(19)22/h3-6,9-10,13,15-16,31H,7-8,11-12,14H2,1-2H3/i1D3. The highest BCUT2D eigenvalue weighted by molar-refractivity contribution is 7.97. The normalized spacial score (nSPS) is 26.5. The number of piperidine rings is 1. The van der Waals surface area contributed by atoms with E-state index < -0.39 is 24.3 Å². The van der Waals surface area contributed by atoms with Gasteiger partial charge in [0.05, 0.1) is 17.0 Å². The van der Waals surface area contributed by atoms with Crippen LogP contribution in [0.5, 0.6) is 0 Å². The summed E-state index contributed by atoms with van der Waals surface area (Å²) in [4.78, 5) is 19.6. The number of likely N-dealkylation sites (tertiary alicyclic amines) is 1. The molecule has 2 aliphatic rings. The van der Waals surface area contributed by atoms with Crippen molar-refractivity contribution in [2.45, 2.75) is 31.2 Å². The number of aliphatic hydroxyl groups is 1. The van der Waals surface area contributed by atoms with E-state index in [2.05, 4.69) is 4.98 Å². The molecule has 1 aliphatic heterocycles. The van der Waals surface area contributed by atoms with E-state index in [1.54, 1.807) is 35.2 Å². The van der Waals surface area contributed by atoms with E-state index in [1.807, 2.05) is 35.2 Å². The molecule has 2 unspecified atom stereocenters. The van der Waals surface area contributed by atoms with Gasteiger partial charge in [-0.2, -0.15) is 5.10 Å². The van der Waals surface area contributed by atoms with Crippen molar-refractivity contribution in [2.75, 3.05) is 19.3 Å². The van der Waals surface area contributed by atoms with E-state index in [0.29, 0.717) is 18.7 Å². The molecule has 33 heavy (non-hydrogen) atoms. The van der Waals surface area contributed by atoms with Crippen LogP contribution in [0.15, 0.2) is 47.2 Å². The molecule has 1 amide bonds. The summed E-state index contributed by atoms with van der Waals surface area (Å²) in [6.45, 7) is -2.05. The number of carbonyl (C=O) groups excluding carboxylic acids is 1. The molecule has 1 aromatic carbocycles. The van der Waals surface area contributed by atoms with E-state index >= 15 is 0 Å². The van der Waals surface area contributed by atoms with Crippen LogP contribution in [0.3, 0.4) is 0 Å². The molecule has 1 aliphatic carbocycles. The molecule has 2 fully saturated rings. The minimum absolute atomic E-state index is 0.209. The number of furan rings is 1. The lowest BCUT2D eigenvalue weighted by Gasteiger charge is -2.42. The van der Waals surface area contributed by atoms with E-state index in [1.165, 1.54) is 0 Å². The molecular weight excluding hydrogens is 436 g/mol. The minimum Gasteiger partial charge on any atom is -0.464 e. The number of benzene rings is 1. The predicted molar refractivity (Wildman–Crippen MR) is 129 cm³/mol. The van der Waals surface area contributed by atoms with Crippen molar-refractivity contribution in [3.8, 4) is 11.3 Å². The molecule has 1 saturated carbocycles. The van der Waals surface area contributed by atoms with Gasteiger partial charge in [0.15, 0.2) is 0 Å². The Morgan fingerprint density at radius 3 is 2.85 bits per heavy atom. The molecule has 170 valence electrons. The lowest BCUT2D eigenvalue weighted by atomic mass is 9.82. The smallest absolute Gasteiger partial charge is 0.272 e. The Morgan fingerprint density at radius 1 is 1.30 bits per heavy atom. The number of carbonyl (C=O) groups is 1. The molecule has 7 nitrogen and oxygen atoms in total. The Labute approximate surface area is 200 Å². The molecule has 1 saturated heterocycles. The van der Waals surface area contributed by atoms with Gasteiger partial charge in [0, 0.05) is 51.6 Å². The zero-order valence-corrected chi connectivity index (χ0v) is 19.0. The van der Waals surface area contributed by atoms with E-state index in [4.69, 9.17) is 13.6 Å². The maximum absolute atomic E-state index is 13.5. The average molecular weight is 466 g/mol. The van der Waals surface area contributed by atoms with E-state index in [-0.39, 0.29) is 24.7 Å². The first-order valence-corrected chi connectivity index (χ1v) is 12.5. The Kier molecular flexibility index (Phi) is 4.06. The first-order valence-electron chi connectivity index (χ1n) is 12.6. The third kappa shape index (κ3) is 3.19. The highest BCUT2D eigenvalue weighted by Gasteiger charge is 2.50. The number of pyridine rings is 1. The van der Waals surface area contributed by atoms with Crippen molar-refractivity contribution in [1.29, 1.82) is 0 Å². The first-order chi connectivity index (χ1) is 17.2. The number of hydrogen-bond donors (Lipinski definition) is 1. The second-order valence-electron chi connectivity index (χ2n) is 9.00. The maximum Gasteiger partial charge on any atom is 0.272 e. The number of aromatic nitrogens is 3. The summed E-state index contributed by atoms with van der Waals surface area (Å²) < 4.78 is 31.2. The topological polar surface area (TPSA) is 84.4 Å². The molecule has 0 spiro atoms. The highest BCUT2D eigenvalue weighted by Crippen LogP contribution is 2.45. The van der Waals surface area contributed by atoms with E-state index in [0.717, 1.165) is 33.1 Å². The SMILES string of the molecule is [2H]C([2H])([2H])C1(O)C2CCC1CN(C(=O)c1cc3c(cn1)c(-c1coc4ccccc14)nn3CSC)C2. The molecule has 6 rings (SSSR count). The van der Waals surface area contributed by atoms with Gasteiger partial charge in [-0.3, -0.25) is 14.5 Å². The highest BCUT2D eigenvalue weighted by atomic mass is 32.2. The zero-order valence-electron chi connectivity index (χ0n) is 21.2. The van der Waals surface area contributed by atoms with Crippen molar-refractivity contribution in [3.05, 3.63) is 48.5 Å². The van der Waals surface area contributed by atoms with Gasteiger partial charge in [-0.05, 0) is 38.1 Å². The van der Waals surface area contributed by atoms with Gasteiger partial charge in [0.25, 0.3) is 5.91 Å². The van der Waals surface area contributed by atoms with Crippen LogP contribution in [0.25, 0.3) is 33.1 Å². The molecule has 4 aromatic rings. The molecular formula is C25H26N4O3S. The van der Waals surface area contributed by atoms with E-state index in [9.17, 15) is 9.90 Å². The van der Waals surface area contributed by atoms with Gasteiger partial charge < -0.3 is 14.4 Å². The van der Waals surface area contributed by atoms with Crippen molar-refractivity contribution >= 4 is 39.5 Å². The minimum atomic E-state index is -2.47. The average Bonchev–Trinajstić information content (AvgIpc) is 3.47. The second-order valence-corrected chi connectivity index (χ2v) is 9.84. The number of hydrogen-bond acceptors (Lipinski definition) is 6. The second kappa shape index (κ2) is 7.60. The third-order valence-corrected chi connectivity index (χ3v) is 7.62. The summed E-state index contributed by atoms with van der Waals surface area (Å²) in [6, 6.07) is 9.54. The van der Waals surface area contributed by atoms with Gasteiger partial charge in [-0.15, -0.1) is 11.8 Å². The molecule has 3 aromatic heterocycles. The summed E-state index contributed by atoms with van der Waals surface area (Å²) in [6.07, 6.45) is 6.56. The Bertz CT molecular complexity index is 1470. The van der Waals surface area contributed by atoms with Crippen molar-refractivity contribution in [2.24, 2.45) is 11.8 Å². The van der Waals surface area contributed by atoms with Gasteiger partial charge in [-0.25, -0.2) is 0 Å². The van der Waals surface area contributed by atoms with Crippen LogP contribution in [0.2, 0.25) is 0 Å². The number of fused-ring (bicyclic) bond motifs is 4. The number of nitrogens with zero attached hydrogens (tertiary/aromatic N) is 4. The number of thioether (sulfide) groups is 1. The fraction of sp³-hybridized carbons (Fsp3) is 0.400. The number of rotatable bonds is 4. The van der Waals surface area contributed by atoms with Gasteiger partial charge in [0.2, 0.25) is 0 Å². The van der Waals surface area contributed by atoms with Crippen molar-refractivity contribution in [3.63, 3.8) is 0 Å². The van der Waals surface area contributed by atoms with Crippen LogP contribution in [-0.2, 0) is 5.88 Å². The fourth-order valence-corrected chi connectivity index (χ4v) is 5.78. The summed E-state index contributed by atoms with van der Waals surface area (Å²) >= 11 is 1.62. The predicted octanol–water partition coefficient (Wildman–Crippen LogP) is 4.40. The first kappa shape index (κ1) is 17.6. The number of amides is 1. The molecule has 2 bridgehead atoms. The lowest BCUT2D eigenvalue weighted by molar-refractivity contribution is -0.0616. The Balaban J connectivity index is 1.36. The zero-order chi connectivity index (χ0) is 25.2. The fourth-order valence-electron chi connectivity index (χ4n) is 5.34. The lowest BCUT2D eigenvalue weighted by Crippen LogP contribution is -2.53. The quantitative estimate of drug-likeness (QED) is 0.481. The van der Waals surface area contributed by atoms with Crippen LogP contribution < -0.4 is 0 Å². The maximum atomic E-state index is 13.5. The number of para-hydroxylation sites is 1. The van der Waals surface area contributed by atoms with Crippen LogP contribution in [0.1, 0.15) is 34.3 Å². The molecule has 0 radical (unpaired) electrons. The van der Waals surface area contributed by atoms with Gasteiger partial charge in [-0.1, -0.05) is 18.2 Å². The summed E-state index contributed by atoms with van der Waals surface area (Å²) in [7, 11) is 0. The largest absolute Gasteiger partial charge is 0.464 e. The summed E-state index contributed by atoms with van der Waals surface area (Å²) in [5.41, 5.74) is 1.73. The van der Waals surface area contributed by atoms with Gasteiger partial charge >= 0.3 is 0 Å². The van der Waals surface area contributed by atoms with Crippen molar-refractivity contribution < 1.29 is 18.4 Å². The molecule has 4 heterocycles. The third-order valence-electron chi connectivity index (χ3n) is 7.12. The summed E-state index contributed by atoms with van der Waals surface area (Å²) in [5, 5.41) is 17.7. The Morgan fingerprint density at radius 2 is 2.09 bits per heavy atom.